The summed E-state index contributed by atoms with van der Waals surface area (Å²) in [6.07, 6.45) is 3.30. The molecule has 0 heterocycles. The third kappa shape index (κ3) is 3.77. The van der Waals surface area contributed by atoms with Crippen molar-refractivity contribution in [1.29, 1.82) is 0 Å². The molecule has 2 aromatic carbocycles. The van der Waals surface area contributed by atoms with Gasteiger partial charge in [-0.25, -0.2) is 0 Å². The Balaban J connectivity index is 2.32. The van der Waals surface area contributed by atoms with Crippen LogP contribution >= 0.6 is 0 Å². The highest BCUT2D eigenvalue weighted by molar-refractivity contribution is 6.07. The van der Waals surface area contributed by atoms with Gasteiger partial charge in [-0.2, -0.15) is 0 Å². The van der Waals surface area contributed by atoms with Gasteiger partial charge in [-0.05, 0) is 43.2 Å². The lowest BCUT2D eigenvalue weighted by molar-refractivity contribution is 0.104. The van der Waals surface area contributed by atoms with Gasteiger partial charge in [0.2, 0.25) is 5.75 Å². The van der Waals surface area contributed by atoms with Crippen LogP contribution in [0.25, 0.3) is 6.08 Å². The van der Waals surface area contributed by atoms with Gasteiger partial charge in [0.25, 0.3) is 0 Å². The largest absolute Gasteiger partial charge is 0.493 e. The molecule has 0 aliphatic carbocycles. The van der Waals surface area contributed by atoms with Crippen LogP contribution in [0, 0.1) is 13.8 Å². The molecule has 126 valence electrons. The highest BCUT2D eigenvalue weighted by Gasteiger charge is 2.12. The van der Waals surface area contributed by atoms with Crippen LogP contribution in [0.4, 0.5) is 0 Å². The number of rotatable bonds is 6. The topological polar surface area (TPSA) is 44.8 Å². The number of methoxy groups -OCH3 is 3. The van der Waals surface area contributed by atoms with Crippen LogP contribution in [-0.4, -0.2) is 27.1 Å². The Morgan fingerprint density at radius 3 is 2.04 bits per heavy atom. The number of benzene rings is 2. The standard InChI is InChI=1S/C20H22O4/c1-13-6-8-16(14(2)10-13)17(21)9-7-15-11-18(22-3)20(24-5)19(12-15)23-4/h6-12H,1-5H3. The van der Waals surface area contributed by atoms with Crippen LogP contribution in [0.2, 0.25) is 0 Å². The van der Waals surface area contributed by atoms with Gasteiger partial charge >= 0.3 is 0 Å². The van der Waals surface area contributed by atoms with Crippen LogP contribution in [0.15, 0.2) is 36.4 Å². The van der Waals surface area contributed by atoms with E-state index >= 15 is 0 Å². The molecule has 0 N–H and O–H groups in total. The second-order valence-corrected chi connectivity index (χ2v) is 5.47. The van der Waals surface area contributed by atoms with Gasteiger partial charge in [0.15, 0.2) is 17.3 Å². The molecule has 0 atom stereocenters. The molecule has 0 amide bonds. The Hall–Kier alpha value is -2.75. The van der Waals surface area contributed by atoms with Crippen molar-refractivity contribution in [1.82, 2.24) is 0 Å². The number of hydrogen-bond acceptors (Lipinski definition) is 4. The molecular weight excluding hydrogens is 304 g/mol. The maximum atomic E-state index is 12.4. The summed E-state index contributed by atoms with van der Waals surface area (Å²) < 4.78 is 15.9. The predicted molar refractivity (Wildman–Crippen MR) is 95.4 cm³/mol. The minimum absolute atomic E-state index is 0.0405. The summed E-state index contributed by atoms with van der Waals surface area (Å²) in [7, 11) is 4.68. The van der Waals surface area contributed by atoms with Crippen molar-refractivity contribution in [2.45, 2.75) is 13.8 Å². The minimum atomic E-state index is -0.0405. The molecule has 0 radical (unpaired) electrons. The summed E-state index contributed by atoms with van der Waals surface area (Å²) in [5.41, 5.74) is 3.60. The SMILES string of the molecule is COc1cc(C=CC(=O)c2ccc(C)cc2C)cc(OC)c1OC. The van der Waals surface area contributed by atoms with E-state index in [2.05, 4.69) is 0 Å². The van der Waals surface area contributed by atoms with Crippen molar-refractivity contribution in [3.05, 3.63) is 58.7 Å². The van der Waals surface area contributed by atoms with E-state index in [1.54, 1.807) is 45.6 Å². The van der Waals surface area contributed by atoms with Gasteiger partial charge in [0, 0.05) is 5.56 Å². The zero-order valence-corrected chi connectivity index (χ0v) is 14.7. The minimum Gasteiger partial charge on any atom is -0.493 e. The summed E-state index contributed by atoms with van der Waals surface area (Å²) in [5.74, 6) is 1.59. The first kappa shape index (κ1) is 17.6. The van der Waals surface area contributed by atoms with Crippen molar-refractivity contribution in [2.75, 3.05) is 21.3 Å². The van der Waals surface area contributed by atoms with Crippen LogP contribution in [0.3, 0.4) is 0 Å². The van der Waals surface area contributed by atoms with Crippen molar-refractivity contribution in [3.8, 4) is 17.2 Å². The first-order chi connectivity index (χ1) is 11.5. The number of ketones is 1. The quantitative estimate of drug-likeness (QED) is 0.589. The fourth-order valence-corrected chi connectivity index (χ4v) is 2.55. The number of ether oxygens (including phenoxy) is 3. The fourth-order valence-electron chi connectivity index (χ4n) is 2.55. The second-order valence-electron chi connectivity index (χ2n) is 5.47. The number of carbonyl (C=O) groups is 1. The molecule has 0 aliphatic heterocycles. The first-order valence-electron chi connectivity index (χ1n) is 7.59. The monoisotopic (exact) mass is 326 g/mol. The maximum absolute atomic E-state index is 12.4. The predicted octanol–water partition coefficient (Wildman–Crippen LogP) is 4.23. The van der Waals surface area contributed by atoms with Crippen LogP contribution in [0.1, 0.15) is 27.0 Å². The van der Waals surface area contributed by atoms with E-state index in [-0.39, 0.29) is 5.78 Å². The maximum Gasteiger partial charge on any atom is 0.203 e. The van der Waals surface area contributed by atoms with Crippen LogP contribution in [-0.2, 0) is 0 Å². The van der Waals surface area contributed by atoms with Gasteiger partial charge in [0.1, 0.15) is 0 Å². The molecule has 0 fully saturated rings. The molecular formula is C20H22O4. The molecule has 0 saturated heterocycles. The smallest absolute Gasteiger partial charge is 0.203 e. The molecule has 0 saturated carbocycles. The molecule has 2 rings (SSSR count). The van der Waals surface area contributed by atoms with Crippen LogP contribution in [0.5, 0.6) is 17.2 Å². The first-order valence-corrected chi connectivity index (χ1v) is 7.59. The van der Waals surface area contributed by atoms with Crippen LogP contribution < -0.4 is 14.2 Å². The van der Waals surface area contributed by atoms with Gasteiger partial charge in [-0.1, -0.05) is 29.8 Å². The van der Waals surface area contributed by atoms with Crippen molar-refractivity contribution in [3.63, 3.8) is 0 Å². The van der Waals surface area contributed by atoms with E-state index in [0.717, 1.165) is 16.7 Å². The molecule has 24 heavy (non-hydrogen) atoms. The average Bonchev–Trinajstić information content (AvgIpc) is 2.58. The number of hydrogen-bond donors (Lipinski definition) is 0. The third-order valence-electron chi connectivity index (χ3n) is 3.76. The molecule has 0 aliphatic rings. The zero-order valence-electron chi connectivity index (χ0n) is 14.7. The number of allylic oxidation sites excluding steroid dienone is 1. The highest BCUT2D eigenvalue weighted by atomic mass is 16.5. The fraction of sp³-hybridized carbons (Fsp3) is 0.250. The van der Waals surface area contributed by atoms with Crippen molar-refractivity contribution in [2.24, 2.45) is 0 Å². The van der Waals surface area contributed by atoms with Crippen molar-refractivity contribution < 1.29 is 19.0 Å². The Bertz CT molecular complexity index is 750. The van der Waals surface area contributed by atoms with E-state index < -0.39 is 0 Å². The van der Waals surface area contributed by atoms with E-state index in [4.69, 9.17) is 14.2 Å². The molecule has 0 aromatic heterocycles. The summed E-state index contributed by atoms with van der Waals surface area (Å²) in [6.45, 7) is 3.94. The summed E-state index contributed by atoms with van der Waals surface area (Å²) in [5, 5.41) is 0. The number of carbonyl (C=O) groups excluding carboxylic acids is 1. The lowest BCUT2D eigenvalue weighted by atomic mass is 10.0. The van der Waals surface area contributed by atoms with Crippen molar-refractivity contribution >= 4 is 11.9 Å². The number of aryl methyl sites for hydroxylation is 2. The molecule has 2 aromatic rings. The Morgan fingerprint density at radius 1 is 0.917 bits per heavy atom. The molecule has 0 bridgehead atoms. The van der Waals surface area contributed by atoms with E-state index in [0.29, 0.717) is 22.8 Å². The molecule has 0 unspecified atom stereocenters. The third-order valence-corrected chi connectivity index (χ3v) is 3.76. The van der Waals surface area contributed by atoms with E-state index in [1.165, 1.54) is 0 Å². The summed E-state index contributed by atoms with van der Waals surface area (Å²) >= 11 is 0. The average molecular weight is 326 g/mol. The lowest BCUT2D eigenvalue weighted by Gasteiger charge is -2.12. The Morgan fingerprint density at radius 2 is 1.54 bits per heavy atom. The van der Waals surface area contributed by atoms with Gasteiger partial charge < -0.3 is 14.2 Å². The van der Waals surface area contributed by atoms with Gasteiger partial charge in [-0.15, -0.1) is 0 Å². The van der Waals surface area contributed by atoms with Gasteiger partial charge in [0.05, 0.1) is 21.3 Å². The molecule has 4 nitrogen and oxygen atoms in total. The van der Waals surface area contributed by atoms with E-state index in [9.17, 15) is 4.79 Å². The van der Waals surface area contributed by atoms with Gasteiger partial charge in [-0.3, -0.25) is 4.79 Å². The molecule has 4 heteroatoms. The lowest BCUT2D eigenvalue weighted by Crippen LogP contribution is -1.98. The normalized spacial score (nSPS) is 10.7. The molecule has 0 spiro atoms. The highest BCUT2D eigenvalue weighted by Crippen LogP contribution is 2.38. The summed E-state index contributed by atoms with van der Waals surface area (Å²) in [6, 6.07) is 9.39. The zero-order chi connectivity index (χ0) is 17.7. The Labute approximate surface area is 142 Å². The summed E-state index contributed by atoms with van der Waals surface area (Å²) in [4.78, 5) is 12.4. The Kier molecular flexibility index (Phi) is 5.64. The van der Waals surface area contributed by atoms with E-state index in [1.807, 2.05) is 32.0 Å². The second kappa shape index (κ2) is 7.68.